The highest BCUT2D eigenvalue weighted by Gasteiger charge is 2.29. The van der Waals surface area contributed by atoms with Crippen LogP contribution < -0.4 is 4.90 Å². The molecule has 1 aliphatic heterocycles. The summed E-state index contributed by atoms with van der Waals surface area (Å²) in [7, 11) is 0. The zero-order valence-corrected chi connectivity index (χ0v) is 14.4. The molecular weight excluding hydrogens is 319 g/mol. The molecule has 0 spiro atoms. The van der Waals surface area contributed by atoms with Crippen molar-refractivity contribution in [3.8, 4) is 0 Å². The number of H-pyrrole nitrogens is 1. The summed E-state index contributed by atoms with van der Waals surface area (Å²) in [4.78, 5) is 14.6. The number of carbonyl (C=O) groups excluding carboxylic acids is 1. The predicted molar refractivity (Wildman–Crippen MR) is 94.4 cm³/mol. The summed E-state index contributed by atoms with van der Waals surface area (Å²) < 4.78 is 14.4. The molecule has 6 heteroatoms. The van der Waals surface area contributed by atoms with E-state index in [1.54, 1.807) is 4.90 Å². The molecule has 4 rings (SSSR count). The fraction of sp³-hybridized carbons (Fsp3) is 0.316. The second kappa shape index (κ2) is 5.37. The molecule has 0 saturated carbocycles. The summed E-state index contributed by atoms with van der Waals surface area (Å²) in [5.74, 6) is -0.921. The first-order valence-corrected chi connectivity index (χ1v) is 8.30. The fourth-order valence-corrected chi connectivity index (χ4v) is 3.25. The highest BCUT2D eigenvalue weighted by Crippen LogP contribution is 2.34. The number of benzene rings is 2. The van der Waals surface area contributed by atoms with Gasteiger partial charge in [0.2, 0.25) is 0 Å². The maximum atomic E-state index is 14.4. The van der Waals surface area contributed by atoms with Crippen LogP contribution in [0.1, 0.15) is 42.3 Å². The second-order valence-corrected chi connectivity index (χ2v) is 7.44. The number of halogens is 1. The Morgan fingerprint density at radius 3 is 2.60 bits per heavy atom. The van der Waals surface area contributed by atoms with E-state index >= 15 is 0 Å². The Hall–Kier alpha value is -2.76. The molecule has 0 saturated heterocycles. The normalized spacial score (nSPS) is 14.2. The Labute approximate surface area is 144 Å². The minimum Gasteiger partial charge on any atom is -0.308 e. The number of anilines is 1. The zero-order chi connectivity index (χ0) is 17.8. The van der Waals surface area contributed by atoms with Crippen molar-refractivity contribution in [1.29, 1.82) is 0 Å². The molecule has 2 aromatic carbocycles. The van der Waals surface area contributed by atoms with Crippen molar-refractivity contribution in [1.82, 2.24) is 15.4 Å². The molecule has 0 radical (unpaired) electrons. The predicted octanol–water partition coefficient (Wildman–Crippen LogP) is 3.60. The number of carbonyl (C=O) groups is 1. The highest BCUT2D eigenvalue weighted by molar-refractivity contribution is 6.08. The van der Waals surface area contributed by atoms with Gasteiger partial charge in [0.1, 0.15) is 16.9 Å². The molecule has 1 N–H and O–H groups in total. The van der Waals surface area contributed by atoms with Crippen LogP contribution in [-0.4, -0.2) is 27.9 Å². The third kappa shape index (κ3) is 2.58. The van der Waals surface area contributed by atoms with Crippen molar-refractivity contribution in [3.63, 3.8) is 0 Å². The van der Waals surface area contributed by atoms with Crippen molar-refractivity contribution < 1.29 is 9.18 Å². The molecule has 1 amide bonds. The van der Waals surface area contributed by atoms with E-state index in [2.05, 4.69) is 42.2 Å². The van der Waals surface area contributed by atoms with Crippen LogP contribution in [0.5, 0.6) is 0 Å². The minimum absolute atomic E-state index is 0.0224. The van der Waals surface area contributed by atoms with Gasteiger partial charge in [0, 0.05) is 18.3 Å². The van der Waals surface area contributed by atoms with Gasteiger partial charge in [-0.2, -0.15) is 15.4 Å². The molecule has 1 aromatic heterocycles. The van der Waals surface area contributed by atoms with Crippen LogP contribution >= 0.6 is 0 Å². The van der Waals surface area contributed by atoms with Crippen molar-refractivity contribution in [2.75, 3.05) is 11.4 Å². The summed E-state index contributed by atoms with van der Waals surface area (Å²) >= 11 is 0. The number of nitrogens with zero attached hydrogens (tertiary/aromatic N) is 3. The molecule has 1 aliphatic rings. The number of aromatic nitrogens is 3. The van der Waals surface area contributed by atoms with E-state index in [4.69, 9.17) is 0 Å². The highest BCUT2D eigenvalue weighted by atomic mass is 19.1. The second-order valence-electron chi connectivity index (χ2n) is 7.44. The van der Waals surface area contributed by atoms with Crippen molar-refractivity contribution in [2.45, 2.75) is 32.6 Å². The smallest absolute Gasteiger partial charge is 0.261 e. The van der Waals surface area contributed by atoms with Crippen LogP contribution in [0.3, 0.4) is 0 Å². The van der Waals surface area contributed by atoms with Crippen molar-refractivity contribution in [2.24, 2.45) is 0 Å². The van der Waals surface area contributed by atoms with E-state index in [1.807, 2.05) is 12.1 Å². The maximum absolute atomic E-state index is 14.4. The number of hydrogen-bond donors (Lipinski definition) is 1. The molecule has 0 unspecified atom stereocenters. The van der Waals surface area contributed by atoms with Crippen molar-refractivity contribution >= 4 is 22.6 Å². The maximum Gasteiger partial charge on any atom is 0.261 e. The number of aromatic amines is 1. The molecule has 3 aromatic rings. The Bertz CT molecular complexity index is 987. The van der Waals surface area contributed by atoms with Gasteiger partial charge in [-0.3, -0.25) is 4.79 Å². The molecule has 2 heterocycles. The summed E-state index contributed by atoms with van der Waals surface area (Å²) in [6.07, 6.45) is 0.777. The van der Waals surface area contributed by atoms with Gasteiger partial charge in [0.05, 0.1) is 5.56 Å². The summed E-state index contributed by atoms with van der Waals surface area (Å²) in [6, 6.07) is 8.86. The number of amides is 1. The van der Waals surface area contributed by atoms with Crippen LogP contribution in [0, 0.1) is 5.82 Å². The van der Waals surface area contributed by atoms with Gasteiger partial charge < -0.3 is 4.90 Å². The van der Waals surface area contributed by atoms with E-state index < -0.39 is 5.82 Å². The number of hydrogen-bond acceptors (Lipinski definition) is 3. The lowest BCUT2D eigenvalue weighted by atomic mass is 9.86. The number of fused-ring (bicyclic) bond motifs is 2. The molecule has 0 aliphatic carbocycles. The van der Waals surface area contributed by atoms with E-state index in [0.29, 0.717) is 17.6 Å². The Balaban J connectivity index is 1.72. The third-order valence-electron chi connectivity index (χ3n) is 4.72. The Morgan fingerprint density at radius 1 is 1.16 bits per heavy atom. The Kier molecular flexibility index (Phi) is 3.39. The molecule has 0 fully saturated rings. The molecule has 25 heavy (non-hydrogen) atoms. The first-order valence-electron chi connectivity index (χ1n) is 8.30. The van der Waals surface area contributed by atoms with Crippen molar-refractivity contribution in [3.05, 3.63) is 52.8 Å². The third-order valence-corrected chi connectivity index (χ3v) is 4.72. The van der Waals surface area contributed by atoms with Gasteiger partial charge in [-0.1, -0.05) is 32.9 Å². The minimum atomic E-state index is -0.578. The summed E-state index contributed by atoms with van der Waals surface area (Å²) in [6.45, 7) is 7.04. The average molecular weight is 338 g/mol. The number of nitrogens with one attached hydrogen (secondary N) is 1. The van der Waals surface area contributed by atoms with Crippen LogP contribution in [0.4, 0.5) is 10.1 Å². The summed E-state index contributed by atoms with van der Waals surface area (Å²) in [5.41, 5.74) is 4.18. The van der Waals surface area contributed by atoms with Crippen LogP contribution in [0.2, 0.25) is 0 Å². The van der Waals surface area contributed by atoms with E-state index in [9.17, 15) is 9.18 Å². The quantitative estimate of drug-likeness (QED) is 0.737. The average Bonchev–Trinajstić information content (AvgIpc) is 3.17. The molecule has 0 bridgehead atoms. The van der Waals surface area contributed by atoms with Gasteiger partial charge in [0.15, 0.2) is 0 Å². The van der Waals surface area contributed by atoms with Crippen LogP contribution in [0.25, 0.3) is 11.0 Å². The van der Waals surface area contributed by atoms with E-state index in [-0.39, 0.29) is 16.9 Å². The number of rotatable bonds is 1. The van der Waals surface area contributed by atoms with Gasteiger partial charge >= 0.3 is 0 Å². The fourth-order valence-electron chi connectivity index (χ4n) is 3.25. The molecular formula is C19H19FN4O. The first-order chi connectivity index (χ1) is 11.8. The van der Waals surface area contributed by atoms with Crippen LogP contribution in [0.15, 0.2) is 30.3 Å². The largest absolute Gasteiger partial charge is 0.308 e. The van der Waals surface area contributed by atoms with Gasteiger partial charge in [-0.15, -0.1) is 0 Å². The van der Waals surface area contributed by atoms with Gasteiger partial charge in [-0.25, -0.2) is 4.39 Å². The standard InChI is InChI=1S/C19H19FN4O/c1-19(2,3)12-4-5-17-11(8-12)6-7-24(17)18(25)13-9-15-16(10-14(13)20)22-23-21-15/h4-5,8-10H,6-7H2,1-3H3,(H,21,22,23). The van der Waals surface area contributed by atoms with E-state index in [0.717, 1.165) is 17.7 Å². The SMILES string of the molecule is CC(C)(C)c1ccc2c(c1)CCN2C(=O)c1cc2n[nH]nc2cc1F. The monoisotopic (exact) mass is 338 g/mol. The zero-order valence-electron chi connectivity index (χ0n) is 14.4. The lowest BCUT2D eigenvalue weighted by Crippen LogP contribution is -2.29. The summed E-state index contributed by atoms with van der Waals surface area (Å²) in [5, 5.41) is 10.2. The van der Waals surface area contributed by atoms with Crippen LogP contribution in [-0.2, 0) is 11.8 Å². The molecule has 128 valence electrons. The van der Waals surface area contributed by atoms with E-state index in [1.165, 1.54) is 17.7 Å². The van der Waals surface area contributed by atoms with Gasteiger partial charge in [0.25, 0.3) is 5.91 Å². The molecule has 0 atom stereocenters. The lowest BCUT2D eigenvalue weighted by Gasteiger charge is -2.22. The van der Waals surface area contributed by atoms with Gasteiger partial charge in [-0.05, 0) is 35.1 Å². The first kappa shape index (κ1) is 15.7. The lowest BCUT2D eigenvalue weighted by molar-refractivity contribution is 0.0985. The topological polar surface area (TPSA) is 61.9 Å². The molecule has 5 nitrogen and oxygen atoms in total. The Morgan fingerprint density at radius 2 is 1.88 bits per heavy atom.